The number of nitrogen functional groups attached to an aromatic ring is 1. The van der Waals surface area contributed by atoms with Crippen molar-refractivity contribution in [2.75, 3.05) is 18.9 Å². The summed E-state index contributed by atoms with van der Waals surface area (Å²) in [6, 6.07) is 3.69. The first-order chi connectivity index (χ1) is 8.00. The molecular weight excluding hydrogens is 223 g/mol. The van der Waals surface area contributed by atoms with Crippen molar-refractivity contribution in [1.29, 1.82) is 0 Å². The Morgan fingerprint density at radius 3 is 2.82 bits per heavy atom. The second-order valence-corrected chi connectivity index (χ2v) is 3.91. The van der Waals surface area contributed by atoms with Gasteiger partial charge in [0.1, 0.15) is 5.82 Å². The maximum atomic E-state index is 12.8. The molecule has 0 spiro atoms. The molecule has 0 radical (unpaired) electrons. The fourth-order valence-electron chi connectivity index (χ4n) is 1.29. The van der Waals surface area contributed by atoms with E-state index in [9.17, 15) is 9.18 Å². The molecule has 5 heteroatoms. The zero-order valence-electron chi connectivity index (χ0n) is 10.00. The summed E-state index contributed by atoms with van der Waals surface area (Å²) in [5, 5.41) is 2.65. The van der Waals surface area contributed by atoms with Crippen LogP contribution in [0.3, 0.4) is 0 Å². The highest BCUT2D eigenvalue weighted by atomic mass is 19.1. The number of benzene rings is 1. The van der Waals surface area contributed by atoms with Crippen LogP contribution in [0.1, 0.15) is 24.2 Å². The zero-order chi connectivity index (χ0) is 12.8. The molecule has 4 nitrogen and oxygen atoms in total. The summed E-state index contributed by atoms with van der Waals surface area (Å²) in [6.45, 7) is 4.66. The molecule has 1 rings (SSSR count). The van der Waals surface area contributed by atoms with Crippen molar-refractivity contribution in [3.8, 4) is 0 Å². The van der Waals surface area contributed by atoms with Crippen LogP contribution in [0.5, 0.6) is 0 Å². The third-order valence-corrected chi connectivity index (χ3v) is 2.10. The first-order valence-electron chi connectivity index (χ1n) is 5.45. The summed E-state index contributed by atoms with van der Waals surface area (Å²) in [5.74, 6) is -0.781. The Balaban J connectivity index is 2.47. The van der Waals surface area contributed by atoms with E-state index >= 15 is 0 Å². The normalized spacial score (nSPS) is 10.6. The van der Waals surface area contributed by atoms with E-state index in [0.717, 1.165) is 6.07 Å². The Labute approximate surface area is 100.0 Å². The molecule has 3 N–H and O–H groups in total. The van der Waals surface area contributed by atoms with Crippen LogP contribution in [-0.4, -0.2) is 25.2 Å². The molecule has 0 saturated heterocycles. The van der Waals surface area contributed by atoms with Crippen molar-refractivity contribution in [2.45, 2.75) is 20.0 Å². The number of ether oxygens (including phenoxy) is 1. The predicted molar refractivity (Wildman–Crippen MR) is 64.2 cm³/mol. The minimum Gasteiger partial charge on any atom is -0.398 e. The van der Waals surface area contributed by atoms with Crippen LogP contribution < -0.4 is 11.1 Å². The molecule has 0 unspecified atom stereocenters. The van der Waals surface area contributed by atoms with Gasteiger partial charge in [-0.2, -0.15) is 0 Å². The molecule has 0 aromatic heterocycles. The van der Waals surface area contributed by atoms with Crippen LogP contribution in [0.2, 0.25) is 0 Å². The molecule has 0 bridgehead atoms. The lowest BCUT2D eigenvalue weighted by Crippen LogP contribution is -2.28. The van der Waals surface area contributed by atoms with E-state index in [2.05, 4.69) is 5.32 Å². The summed E-state index contributed by atoms with van der Waals surface area (Å²) in [6.07, 6.45) is 0.128. The summed E-state index contributed by atoms with van der Waals surface area (Å²) in [4.78, 5) is 11.7. The molecule has 1 aromatic rings. The van der Waals surface area contributed by atoms with Gasteiger partial charge < -0.3 is 15.8 Å². The predicted octanol–water partition coefficient (Wildman–Crippen LogP) is 1.56. The fraction of sp³-hybridized carbons (Fsp3) is 0.417. The number of carbonyl (C=O) groups is 1. The van der Waals surface area contributed by atoms with E-state index in [1.54, 1.807) is 0 Å². The van der Waals surface area contributed by atoms with Crippen molar-refractivity contribution >= 4 is 11.6 Å². The van der Waals surface area contributed by atoms with Crippen molar-refractivity contribution in [3.05, 3.63) is 29.6 Å². The SMILES string of the molecule is CC(C)OCCNC(=O)c1ccc(F)cc1N. The number of carbonyl (C=O) groups excluding carboxylic acids is 1. The summed E-state index contributed by atoms with van der Waals surface area (Å²) in [7, 11) is 0. The molecular formula is C12H17FN2O2. The van der Waals surface area contributed by atoms with Crippen LogP contribution in [0.4, 0.5) is 10.1 Å². The van der Waals surface area contributed by atoms with Gasteiger partial charge in [-0.05, 0) is 32.0 Å². The van der Waals surface area contributed by atoms with Crippen molar-refractivity contribution < 1.29 is 13.9 Å². The van der Waals surface area contributed by atoms with Crippen molar-refractivity contribution in [3.63, 3.8) is 0 Å². The van der Waals surface area contributed by atoms with Gasteiger partial charge in [-0.15, -0.1) is 0 Å². The number of rotatable bonds is 5. The monoisotopic (exact) mass is 240 g/mol. The molecule has 17 heavy (non-hydrogen) atoms. The standard InChI is InChI=1S/C12H17FN2O2/c1-8(2)17-6-5-15-12(16)10-4-3-9(13)7-11(10)14/h3-4,7-8H,5-6,14H2,1-2H3,(H,15,16). The second-order valence-electron chi connectivity index (χ2n) is 3.91. The van der Waals surface area contributed by atoms with Gasteiger partial charge >= 0.3 is 0 Å². The number of nitrogens with one attached hydrogen (secondary N) is 1. The van der Waals surface area contributed by atoms with Crippen LogP contribution in [0.15, 0.2) is 18.2 Å². The van der Waals surface area contributed by atoms with E-state index in [1.807, 2.05) is 13.8 Å². The highest BCUT2D eigenvalue weighted by Gasteiger charge is 2.09. The molecule has 0 heterocycles. The van der Waals surface area contributed by atoms with Gasteiger partial charge in [0.2, 0.25) is 0 Å². The Kier molecular flexibility index (Phi) is 4.90. The van der Waals surface area contributed by atoms with Crippen LogP contribution in [0.25, 0.3) is 0 Å². The number of halogens is 1. The van der Waals surface area contributed by atoms with Gasteiger partial charge in [0.25, 0.3) is 5.91 Å². The Morgan fingerprint density at radius 2 is 2.24 bits per heavy atom. The second kappa shape index (κ2) is 6.20. The zero-order valence-corrected chi connectivity index (χ0v) is 10.00. The first-order valence-corrected chi connectivity index (χ1v) is 5.45. The summed E-state index contributed by atoms with van der Waals surface area (Å²) < 4.78 is 18.0. The highest BCUT2D eigenvalue weighted by molar-refractivity contribution is 5.99. The quantitative estimate of drug-likeness (QED) is 0.606. The average molecular weight is 240 g/mol. The topological polar surface area (TPSA) is 64.3 Å². The van der Waals surface area contributed by atoms with Gasteiger partial charge in [0, 0.05) is 12.2 Å². The van der Waals surface area contributed by atoms with E-state index in [4.69, 9.17) is 10.5 Å². The lowest BCUT2D eigenvalue weighted by atomic mass is 10.1. The van der Waals surface area contributed by atoms with Crippen LogP contribution in [0, 0.1) is 5.82 Å². The van der Waals surface area contributed by atoms with E-state index < -0.39 is 5.82 Å². The number of amides is 1. The van der Waals surface area contributed by atoms with Gasteiger partial charge in [-0.1, -0.05) is 0 Å². The third-order valence-electron chi connectivity index (χ3n) is 2.10. The molecule has 0 atom stereocenters. The Hall–Kier alpha value is -1.62. The Bertz CT molecular complexity index is 394. The molecule has 1 amide bonds. The lowest BCUT2D eigenvalue weighted by molar-refractivity contribution is 0.0747. The number of nitrogens with two attached hydrogens (primary N) is 1. The molecule has 0 aliphatic heterocycles. The van der Waals surface area contributed by atoms with E-state index in [-0.39, 0.29) is 23.3 Å². The Morgan fingerprint density at radius 1 is 1.53 bits per heavy atom. The van der Waals surface area contributed by atoms with Crippen molar-refractivity contribution in [1.82, 2.24) is 5.32 Å². The minimum atomic E-state index is -0.456. The highest BCUT2D eigenvalue weighted by Crippen LogP contribution is 2.12. The largest absolute Gasteiger partial charge is 0.398 e. The van der Waals surface area contributed by atoms with Crippen LogP contribution >= 0.6 is 0 Å². The maximum Gasteiger partial charge on any atom is 0.253 e. The summed E-state index contributed by atoms with van der Waals surface area (Å²) >= 11 is 0. The fourth-order valence-corrected chi connectivity index (χ4v) is 1.29. The van der Waals surface area contributed by atoms with Gasteiger partial charge in [-0.25, -0.2) is 4.39 Å². The number of hydrogen-bond acceptors (Lipinski definition) is 3. The minimum absolute atomic E-state index is 0.128. The lowest BCUT2D eigenvalue weighted by Gasteiger charge is -2.09. The van der Waals surface area contributed by atoms with Gasteiger partial charge in [-0.3, -0.25) is 4.79 Å². The molecule has 0 aliphatic carbocycles. The third kappa shape index (κ3) is 4.40. The molecule has 0 fully saturated rings. The first kappa shape index (κ1) is 13.4. The maximum absolute atomic E-state index is 12.8. The average Bonchev–Trinajstić information content (AvgIpc) is 2.23. The van der Waals surface area contributed by atoms with Gasteiger partial charge in [0.15, 0.2) is 0 Å². The molecule has 94 valence electrons. The molecule has 0 aliphatic rings. The number of anilines is 1. The molecule has 1 aromatic carbocycles. The van der Waals surface area contributed by atoms with E-state index in [0.29, 0.717) is 13.2 Å². The van der Waals surface area contributed by atoms with E-state index in [1.165, 1.54) is 12.1 Å². The van der Waals surface area contributed by atoms with Gasteiger partial charge in [0.05, 0.1) is 18.3 Å². The number of hydrogen-bond donors (Lipinski definition) is 2. The van der Waals surface area contributed by atoms with Crippen LogP contribution in [-0.2, 0) is 4.74 Å². The smallest absolute Gasteiger partial charge is 0.253 e. The molecule has 0 saturated carbocycles. The van der Waals surface area contributed by atoms with Crippen molar-refractivity contribution in [2.24, 2.45) is 0 Å². The summed E-state index contributed by atoms with van der Waals surface area (Å²) in [5.41, 5.74) is 5.95.